The second-order valence-electron chi connectivity index (χ2n) is 7.25. The van der Waals surface area contributed by atoms with Gasteiger partial charge in [0.1, 0.15) is 17.9 Å². The van der Waals surface area contributed by atoms with Crippen LogP contribution in [0.25, 0.3) is 0 Å². The van der Waals surface area contributed by atoms with Crippen molar-refractivity contribution in [1.82, 2.24) is 15.5 Å². The van der Waals surface area contributed by atoms with Gasteiger partial charge >= 0.3 is 0 Å². The molecule has 0 saturated carbocycles. The number of halogens is 1. The molecule has 142 valence electrons. The highest BCUT2D eigenvalue weighted by Gasteiger charge is 2.45. The Morgan fingerprint density at radius 3 is 2.88 bits per heavy atom. The number of benzene rings is 1. The second-order valence-corrected chi connectivity index (χ2v) is 7.25. The molecule has 2 aliphatic heterocycles. The van der Waals surface area contributed by atoms with E-state index in [1.165, 1.54) is 6.07 Å². The zero-order valence-corrected chi connectivity index (χ0v) is 15.1. The second kappa shape index (κ2) is 8.14. The number of piperazine rings is 1. The van der Waals surface area contributed by atoms with Crippen LogP contribution in [0.3, 0.4) is 0 Å². The summed E-state index contributed by atoms with van der Waals surface area (Å²) in [5.74, 6) is -0.298. The molecule has 4 N–H and O–H groups in total. The molecule has 0 bridgehead atoms. The lowest BCUT2D eigenvalue weighted by Crippen LogP contribution is -2.61. The highest BCUT2D eigenvalue weighted by molar-refractivity contribution is 5.97. The molecule has 7 heteroatoms. The first kappa shape index (κ1) is 18.8. The van der Waals surface area contributed by atoms with Crippen LogP contribution in [0.4, 0.5) is 4.39 Å². The van der Waals surface area contributed by atoms with Crippen LogP contribution < -0.4 is 16.4 Å². The minimum Gasteiger partial charge on any atom is -0.343 e. The number of hydrogen-bond donors (Lipinski definition) is 3. The summed E-state index contributed by atoms with van der Waals surface area (Å²) in [5.41, 5.74) is 6.97. The molecule has 2 aliphatic rings. The molecular formula is C19H27FN4O2. The topological polar surface area (TPSA) is 87.5 Å². The van der Waals surface area contributed by atoms with Gasteiger partial charge in [-0.05, 0) is 56.3 Å². The van der Waals surface area contributed by atoms with Crippen LogP contribution in [-0.2, 0) is 16.1 Å². The summed E-state index contributed by atoms with van der Waals surface area (Å²) < 4.78 is 13.7. The van der Waals surface area contributed by atoms with E-state index in [4.69, 9.17) is 5.73 Å². The molecule has 2 amide bonds. The quantitative estimate of drug-likeness (QED) is 0.627. The molecule has 3 rings (SSSR count). The largest absolute Gasteiger partial charge is 0.343 e. The van der Waals surface area contributed by atoms with Gasteiger partial charge in [-0.3, -0.25) is 9.59 Å². The molecule has 2 heterocycles. The zero-order chi connectivity index (χ0) is 18.7. The van der Waals surface area contributed by atoms with Crippen LogP contribution in [0.1, 0.15) is 36.8 Å². The Bertz CT molecular complexity index is 682. The van der Waals surface area contributed by atoms with Gasteiger partial charge in [-0.2, -0.15) is 0 Å². The molecule has 0 aromatic heterocycles. The minimum absolute atomic E-state index is 0.00250. The number of carbonyl (C=O) groups is 2. The van der Waals surface area contributed by atoms with Crippen molar-refractivity contribution in [3.8, 4) is 0 Å². The van der Waals surface area contributed by atoms with Crippen molar-refractivity contribution in [2.24, 2.45) is 5.73 Å². The maximum absolute atomic E-state index is 13.7. The Hall–Kier alpha value is -1.99. The number of nitrogens with one attached hydrogen (secondary N) is 2. The van der Waals surface area contributed by atoms with E-state index in [1.54, 1.807) is 17.9 Å². The fourth-order valence-corrected chi connectivity index (χ4v) is 3.70. The van der Waals surface area contributed by atoms with Crippen LogP contribution in [0.15, 0.2) is 18.2 Å². The van der Waals surface area contributed by atoms with E-state index in [9.17, 15) is 14.0 Å². The van der Waals surface area contributed by atoms with E-state index in [1.807, 2.05) is 6.07 Å². The molecule has 0 unspecified atom stereocenters. The average Bonchev–Trinajstić information content (AvgIpc) is 3.05. The Kier molecular flexibility index (Phi) is 5.88. The van der Waals surface area contributed by atoms with E-state index in [0.717, 1.165) is 18.4 Å². The average molecular weight is 362 g/mol. The Labute approximate surface area is 153 Å². The number of carbonyl (C=O) groups excluding carboxylic acids is 2. The smallest absolute Gasteiger partial charge is 0.245 e. The summed E-state index contributed by atoms with van der Waals surface area (Å²) in [6, 6.07) is 4.36. The zero-order valence-electron chi connectivity index (χ0n) is 15.1. The molecule has 0 spiro atoms. The SMILES string of the molecule is Cc1ccc(CN[C@H]2C[C@H]3C(=O)N[C@@H](CCCCN)C(=O)N3C2)cc1F. The van der Waals surface area contributed by atoms with Gasteiger partial charge in [-0.15, -0.1) is 0 Å². The molecular weight excluding hydrogens is 335 g/mol. The van der Waals surface area contributed by atoms with E-state index in [2.05, 4.69) is 10.6 Å². The molecule has 0 radical (unpaired) electrons. The summed E-state index contributed by atoms with van der Waals surface area (Å²) in [6.07, 6.45) is 2.89. The van der Waals surface area contributed by atoms with E-state index < -0.39 is 12.1 Å². The predicted molar refractivity (Wildman–Crippen MR) is 96.7 cm³/mol. The molecule has 26 heavy (non-hydrogen) atoms. The van der Waals surface area contributed by atoms with Gasteiger partial charge in [0.05, 0.1) is 0 Å². The number of fused-ring (bicyclic) bond motifs is 1. The maximum atomic E-state index is 13.7. The van der Waals surface area contributed by atoms with Crippen LogP contribution >= 0.6 is 0 Å². The first-order valence-electron chi connectivity index (χ1n) is 9.29. The monoisotopic (exact) mass is 362 g/mol. The Morgan fingerprint density at radius 1 is 1.35 bits per heavy atom. The third-order valence-electron chi connectivity index (χ3n) is 5.28. The predicted octanol–water partition coefficient (Wildman–Crippen LogP) is 0.821. The lowest BCUT2D eigenvalue weighted by atomic mass is 10.0. The van der Waals surface area contributed by atoms with Crippen molar-refractivity contribution in [3.05, 3.63) is 35.1 Å². The molecule has 2 saturated heterocycles. The van der Waals surface area contributed by atoms with Crippen molar-refractivity contribution in [2.75, 3.05) is 13.1 Å². The minimum atomic E-state index is -0.435. The summed E-state index contributed by atoms with van der Waals surface area (Å²) in [5, 5.41) is 6.21. The van der Waals surface area contributed by atoms with Crippen LogP contribution in [0, 0.1) is 12.7 Å². The van der Waals surface area contributed by atoms with Crippen molar-refractivity contribution >= 4 is 11.8 Å². The van der Waals surface area contributed by atoms with E-state index >= 15 is 0 Å². The lowest BCUT2D eigenvalue weighted by Gasteiger charge is -2.34. The number of nitrogens with zero attached hydrogens (tertiary/aromatic N) is 1. The normalized spacial score (nSPS) is 25.3. The number of amides is 2. The highest BCUT2D eigenvalue weighted by atomic mass is 19.1. The summed E-state index contributed by atoms with van der Waals surface area (Å²) in [4.78, 5) is 26.7. The van der Waals surface area contributed by atoms with Crippen LogP contribution in [0.5, 0.6) is 0 Å². The molecule has 2 fully saturated rings. The van der Waals surface area contributed by atoms with Gasteiger partial charge in [-0.1, -0.05) is 12.1 Å². The van der Waals surface area contributed by atoms with Crippen molar-refractivity contribution in [2.45, 2.75) is 57.3 Å². The molecule has 3 atom stereocenters. The number of rotatable bonds is 7. The molecule has 1 aromatic rings. The molecule has 1 aromatic carbocycles. The van der Waals surface area contributed by atoms with Gasteiger partial charge in [0, 0.05) is 19.1 Å². The number of aryl methyl sites for hydroxylation is 1. The third kappa shape index (κ3) is 4.04. The number of unbranched alkanes of at least 4 members (excludes halogenated alkanes) is 1. The summed E-state index contributed by atoms with van der Waals surface area (Å²) >= 11 is 0. The Balaban J connectivity index is 1.56. The van der Waals surface area contributed by atoms with Crippen molar-refractivity contribution in [3.63, 3.8) is 0 Å². The lowest BCUT2D eigenvalue weighted by molar-refractivity contribution is -0.147. The fraction of sp³-hybridized carbons (Fsp3) is 0.579. The summed E-state index contributed by atoms with van der Waals surface area (Å²) in [7, 11) is 0. The van der Waals surface area contributed by atoms with Gasteiger partial charge in [0.2, 0.25) is 11.8 Å². The van der Waals surface area contributed by atoms with Crippen molar-refractivity contribution in [1.29, 1.82) is 0 Å². The van der Waals surface area contributed by atoms with E-state index in [0.29, 0.717) is 38.0 Å². The molecule has 0 aliphatic carbocycles. The van der Waals surface area contributed by atoms with Crippen molar-refractivity contribution < 1.29 is 14.0 Å². The van der Waals surface area contributed by atoms with Crippen LogP contribution in [0.2, 0.25) is 0 Å². The third-order valence-corrected chi connectivity index (χ3v) is 5.28. The first-order chi connectivity index (χ1) is 12.5. The molecule has 6 nitrogen and oxygen atoms in total. The standard InChI is InChI=1S/C19H27FN4O2/c1-12-5-6-13(8-15(12)20)10-22-14-9-17-18(25)23-16(4-2-3-7-21)19(26)24(17)11-14/h5-6,8,14,16-17,22H,2-4,7,9-11,21H2,1H3,(H,23,25)/t14-,16-,17-/m0/s1. The van der Waals surface area contributed by atoms with E-state index in [-0.39, 0.29) is 23.7 Å². The fourth-order valence-electron chi connectivity index (χ4n) is 3.70. The summed E-state index contributed by atoms with van der Waals surface area (Å²) in [6.45, 7) is 3.35. The Morgan fingerprint density at radius 2 is 2.15 bits per heavy atom. The van der Waals surface area contributed by atoms with Crippen LogP contribution in [-0.4, -0.2) is 47.9 Å². The first-order valence-corrected chi connectivity index (χ1v) is 9.29. The van der Waals surface area contributed by atoms with Gasteiger partial charge in [-0.25, -0.2) is 4.39 Å². The number of nitrogens with two attached hydrogens (primary N) is 1. The van der Waals surface area contributed by atoms with Gasteiger partial charge < -0.3 is 21.3 Å². The number of hydrogen-bond acceptors (Lipinski definition) is 4. The van der Waals surface area contributed by atoms with Gasteiger partial charge in [0.25, 0.3) is 0 Å². The van der Waals surface area contributed by atoms with Gasteiger partial charge in [0.15, 0.2) is 0 Å². The maximum Gasteiger partial charge on any atom is 0.245 e. The highest BCUT2D eigenvalue weighted by Crippen LogP contribution is 2.24.